The molecular formula is C12H12FN3O. The van der Waals surface area contributed by atoms with Crippen LogP contribution in [0.2, 0.25) is 0 Å². The topological polar surface area (TPSA) is 42.2 Å². The first-order valence-corrected chi connectivity index (χ1v) is 5.60. The van der Waals surface area contributed by atoms with E-state index in [-0.39, 0.29) is 5.83 Å². The molecule has 0 radical (unpaired) electrons. The standard InChI is InChI=1S/C12H12FN3O/c13-10-4-2-6-16(8-10)7-9-3-1-5-11-12(9)15-17-14-11/h1,3-5H,2,6-8H2. The van der Waals surface area contributed by atoms with E-state index in [0.717, 1.165) is 29.6 Å². The van der Waals surface area contributed by atoms with Crippen molar-refractivity contribution in [3.63, 3.8) is 0 Å². The molecule has 0 aliphatic carbocycles. The Hall–Kier alpha value is -1.75. The van der Waals surface area contributed by atoms with Gasteiger partial charge in [-0.05, 0) is 28.4 Å². The van der Waals surface area contributed by atoms with Gasteiger partial charge in [0.2, 0.25) is 0 Å². The average Bonchev–Trinajstić information content (AvgIpc) is 2.78. The predicted molar refractivity (Wildman–Crippen MR) is 60.9 cm³/mol. The van der Waals surface area contributed by atoms with E-state index < -0.39 is 0 Å². The Bertz CT molecular complexity index is 564. The molecule has 0 saturated carbocycles. The minimum atomic E-state index is -0.0540. The quantitative estimate of drug-likeness (QED) is 0.798. The number of aromatic nitrogens is 2. The maximum atomic E-state index is 13.2. The second-order valence-electron chi connectivity index (χ2n) is 4.20. The molecule has 0 fully saturated rings. The fraction of sp³-hybridized carbons (Fsp3) is 0.333. The van der Waals surface area contributed by atoms with E-state index in [1.165, 1.54) is 0 Å². The van der Waals surface area contributed by atoms with Crippen LogP contribution in [0.15, 0.2) is 34.7 Å². The van der Waals surface area contributed by atoms with Crippen LogP contribution >= 0.6 is 0 Å². The van der Waals surface area contributed by atoms with Crippen LogP contribution in [0.3, 0.4) is 0 Å². The van der Waals surface area contributed by atoms with Crippen molar-refractivity contribution in [3.05, 3.63) is 35.7 Å². The number of benzene rings is 1. The monoisotopic (exact) mass is 233 g/mol. The first-order valence-electron chi connectivity index (χ1n) is 5.60. The van der Waals surface area contributed by atoms with E-state index in [9.17, 15) is 4.39 Å². The van der Waals surface area contributed by atoms with Crippen LogP contribution in [0.1, 0.15) is 12.0 Å². The van der Waals surface area contributed by atoms with Crippen molar-refractivity contribution in [2.45, 2.75) is 13.0 Å². The Morgan fingerprint density at radius 2 is 2.29 bits per heavy atom. The Labute approximate surface area is 97.7 Å². The van der Waals surface area contributed by atoms with Gasteiger partial charge in [0.1, 0.15) is 16.9 Å². The Balaban J connectivity index is 1.85. The zero-order chi connectivity index (χ0) is 11.7. The fourth-order valence-corrected chi connectivity index (χ4v) is 2.13. The summed E-state index contributed by atoms with van der Waals surface area (Å²) in [5.41, 5.74) is 2.54. The van der Waals surface area contributed by atoms with Crippen molar-refractivity contribution in [1.29, 1.82) is 0 Å². The first-order chi connectivity index (χ1) is 8.33. The largest absolute Gasteiger partial charge is 0.292 e. The highest BCUT2D eigenvalue weighted by Crippen LogP contribution is 2.19. The van der Waals surface area contributed by atoms with Gasteiger partial charge in [-0.25, -0.2) is 9.02 Å². The predicted octanol–water partition coefficient (Wildman–Crippen LogP) is 2.28. The van der Waals surface area contributed by atoms with Gasteiger partial charge in [-0.3, -0.25) is 4.90 Å². The molecule has 1 aliphatic rings. The molecule has 2 aromatic rings. The lowest BCUT2D eigenvalue weighted by molar-refractivity contribution is 0.259. The zero-order valence-electron chi connectivity index (χ0n) is 9.27. The van der Waals surface area contributed by atoms with Crippen LogP contribution in [0.5, 0.6) is 0 Å². The molecule has 0 saturated heterocycles. The normalized spacial score (nSPS) is 17.4. The summed E-state index contributed by atoms with van der Waals surface area (Å²) in [6.07, 6.45) is 2.41. The summed E-state index contributed by atoms with van der Waals surface area (Å²) in [6.45, 7) is 1.92. The molecule has 0 unspecified atom stereocenters. The first kappa shape index (κ1) is 10.4. The minimum absolute atomic E-state index is 0.0540. The van der Waals surface area contributed by atoms with Gasteiger partial charge in [-0.2, -0.15) is 0 Å². The molecule has 17 heavy (non-hydrogen) atoms. The lowest BCUT2D eigenvalue weighted by Crippen LogP contribution is -2.28. The molecule has 0 atom stereocenters. The van der Waals surface area contributed by atoms with E-state index in [2.05, 4.69) is 15.2 Å². The summed E-state index contributed by atoms with van der Waals surface area (Å²) in [5, 5.41) is 7.68. The van der Waals surface area contributed by atoms with Crippen molar-refractivity contribution < 1.29 is 9.02 Å². The minimum Gasteiger partial charge on any atom is -0.292 e. The molecule has 5 heteroatoms. The van der Waals surface area contributed by atoms with Gasteiger partial charge in [0.25, 0.3) is 0 Å². The summed E-state index contributed by atoms with van der Waals surface area (Å²) < 4.78 is 17.9. The molecule has 0 N–H and O–H groups in total. The number of fused-ring (bicyclic) bond motifs is 1. The lowest BCUT2D eigenvalue weighted by atomic mass is 10.1. The molecule has 1 aliphatic heterocycles. The summed E-state index contributed by atoms with van der Waals surface area (Å²) in [7, 11) is 0. The summed E-state index contributed by atoms with van der Waals surface area (Å²) in [6, 6.07) is 5.74. The number of nitrogens with zero attached hydrogens (tertiary/aromatic N) is 3. The molecule has 88 valence electrons. The van der Waals surface area contributed by atoms with E-state index in [1.54, 1.807) is 6.08 Å². The number of halogens is 1. The van der Waals surface area contributed by atoms with E-state index in [1.807, 2.05) is 18.2 Å². The molecule has 0 amide bonds. The van der Waals surface area contributed by atoms with Crippen molar-refractivity contribution >= 4 is 11.0 Å². The second kappa shape index (κ2) is 4.25. The van der Waals surface area contributed by atoms with Crippen LogP contribution in [0, 0.1) is 0 Å². The van der Waals surface area contributed by atoms with Crippen LogP contribution in [-0.4, -0.2) is 28.3 Å². The van der Waals surface area contributed by atoms with Gasteiger partial charge in [-0.1, -0.05) is 18.2 Å². The maximum absolute atomic E-state index is 13.2. The van der Waals surface area contributed by atoms with Gasteiger partial charge in [0, 0.05) is 13.1 Å². The lowest BCUT2D eigenvalue weighted by Gasteiger charge is -2.24. The molecule has 1 aromatic carbocycles. The number of rotatable bonds is 2. The molecule has 1 aromatic heterocycles. The number of hydrogen-bond acceptors (Lipinski definition) is 4. The van der Waals surface area contributed by atoms with E-state index >= 15 is 0 Å². The summed E-state index contributed by atoms with van der Waals surface area (Å²) in [5.74, 6) is -0.0540. The summed E-state index contributed by atoms with van der Waals surface area (Å²) >= 11 is 0. The van der Waals surface area contributed by atoms with E-state index in [4.69, 9.17) is 4.63 Å². The Kier molecular flexibility index (Phi) is 2.60. The SMILES string of the molecule is FC1=CCCN(Cc2cccc3nonc23)C1. The second-order valence-corrected chi connectivity index (χ2v) is 4.20. The van der Waals surface area contributed by atoms with Crippen molar-refractivity contribution in [3.8, 4) is 0 Å². The van der Waals surface area contributed by atoms with Gasteiger partial charge in [0.05, 0.1) is 6.54 Å². The highest BCUT2D eigenvalue weighted by Gasteiger charge is 2.15. The third kappa shape index (κ3) is 2.06. The van der Waals surface area contributed by atoms with Gasteiger partial charge >= 0.3 is 0 Å². The highest BCUT2D eigenvalue weighted by atomic mass is 19.1. The average molecular weight is 233 g/mol. The van der Waals surface area contributed by atoms with Gasteiger partial charge in [-0.15, -0.1) is 0 Å². The molecule has 2 heterocycles. The van der Waals surface area contributed by atoms with Crippen molar-refractivity contribution in [2.75, 3.05) is 13.1 Å². The zero-order valence-corrected chi connectivity index (χ0v) is 9.27. The van der Waals surface area contributed by atoms with Crippen molar-refractivity contribution in [2.24, 2.45) is 0 Å². The van der Waals surface area contributed by atoms with Crippen LogP contribution < -0.4 is 0 Å². The van der Waals surface area contributed by atoms with Gasteiger partial charge in [0.15, 0.2) is 0 Å². The molecule has 0 spiro atoms. The summed E-state index contributed by atoms with van der Waals surface area (Å²) in [4.78, 5) is 2.05. The Morgan fingerprint density at radius 1 is 1.35 bits per heavy atom. The smallest absolute Gasteiger partial charge is 0.139 e. The van der Waals surface area contributed by atoms with Crippen LogP contribution in [-0.2, 0) is 6.54 Å². The molecule has 0 bridgehead atoms. The fourth-order valence-electron chi connectivity index (χ4n) is 2.13. The third-order valence-corrected chi connectivity index (χ3v) is 2.95. The van der Waals surface area contributed by atoms with Crippen LogP contribution in [0.4, 0.5) is 4.39 Å². The maximum Gasteiger partial charge on any atom is 0.139 e. The number of hydrogen-bond donors (Lipinski definition) is 0. The highest BCUT2D eigenvalue weighted by molar-refractivity contribution is 5.76. The third-order valence-electron chi connectivity index (χ3n) is 2.95. The van der Waals surface area contributed by atoms with Crippen molar-refractivity contribution in [1.82, 2.24) is 15.2 Å². The van der Waals surface area contributed by atoms with E-state index in [0.29, 0.717) is 13.1 Å². The Morgan fingerprint density at radius 3 is 3.18 bits per heavy atom. The molecular weight excluding hydrogens is 221 g/mol. The van der Waals surface area contributed by atoms with Crippen LogP contribution in [0.25, 0.3) is 11.0 Å². The molecule has 4 nitrogen and oxygen atoms in total. The van der Waals surface area contributed by atoms with Gasteiger partial charge < -0.3 is 0 Å². The molecule has 3 rings (SSSR count).